The Labute approximate surface area is 105 Å². The Hall–Kier alpha value is -1.63. The van der Waals surface area contributed by atoms with Crippen molar-refractivity contribution in [3.63, 3.8) is 0 Å². The fourth-order valence-electron chi connectivity index (χ4n) is 1.65. The second-order valence-electron chi connectivity index (χ2n) is 4.22. The molecule has 18 heavy (non-hydrogen) atoms. The topological polar surface area (TPSA) is 105 Å². The molecule has 0 radical (unpaired) electrons. The van der Waals surface area contributed by atoms with Crippen LogP contribution in [0.3, 0.4) is 0 Å². The average molecular weight is 258 g/mol. The third-order valence-corrected chi connectivity index (χ3v) is 2.68. The number of nitrogens with one attached hydrogen (secondary N) is 2. The van der Waals surface area contributed by atoms with E-state index in [9.17, 15) is 14.4 Å². The largest absolute Gasteiger partial charge is 0.481 e. The van der Waals surface area contributed by atoms with E-state index < -0.39 is 17.9 Å². The third kappa shape index (κ3) is 6.19. The zero-order valence-corrected chi connectivity index (χ0v) is 10.1. The average Bonchev–Trinajstić information content (AvgIpc) is 2.79. The summed E-state index contributed by atoms with van der Waals surface area (Å²) in [5.74, 6) is -1.18. The van der Waals surface area contributed by atoms with E-state index in [-0.39, 0.29) is 12.8 Å². The molecule has 0 spiro atoms. The molecule has 1 unspecified atom stereocenters. The van der Waals surface area contributed by atoms with Crippen molar-refractivity contribution in [2.75, 3.05) is 19.8 Å². The zero-order valence-electron chi connectivity index (χ0n) is 10.1. The summed E-state index contributed by atoms with van der Waals surface area (Å²) in [6.07, 6.45) is 1.34. The van der Waals surface area contributed by atoms with Crippen LogP contribution in [0.25, 0.3) is 0 Å². The maximum absolute atomic E-state index is 11.3. The molecule has 3 N–H and O–H groups in total. The molecular weight excluding hydrogens is 240 g/mol. The zero-order chi connectivity index (χ0) is 13.4. The van der Waals surface area contributed by atoms with Gasteiger partial charge in [-0.1, -0.05) is 0 Å². The van der Waals surface area contributed by atoms with Gasteiger partial charge in [-0.15, -0.1) is 0 Å². The van der Waals surface area contributed by atoms with Crippen molar-refractivity contribution < 1.29 is 24.2 Å². The number of amides is 3. The number of carboxylic acids is 1. The summed E-state index contributed by atoms with van der Waals surface area (Å²) in [7, 11) is 0. The highest BCUT2D eigenvalue weighted by Gasteiger charge is 2.15. The van der Waals surface area contributed by atoms with Crippen LogP contribution >= 0.6 is 0 Å². The smallest absolute Gasteiger partial charge is 0.321 e. The monoisotopic (exact) mass is 258 g/mol. The predicted molar refractivity (Wildman–Crippen MR) is 62.0 cm³/mol. The molecule has 0 saturated carbocycles. The maximum atomic E-state index is 11.3. The van der Waals surface area contributed by atoms with E-state index in [1.807, 2.05) is 0 Å². The third-order valence-electron chi connectivity index (χ3n) is 2.68. The number of carbonyl (C=O) groups is 3. The predicted octanol–water partition coefficient (Wildman–Crippen LogP) is 0.104. The molecule has 1 rings (SSSR count). The molecule has 0 aromatic heterocycles. The van der Waals surface area contributed by atoms with E-state index in [1.165, 1.54) is 0 Å². The quantitative estimate of drug-likeness (QED) is 0.627. The van der Waals surface area contributed by atoms with Crippen LogP contribution in [-0.2, 0) is 14.3 Å². The molecule has 0 aromatic carbocycles. The standard InChI is InChI=1S/C11H18N2O5/c14-9(1-2-10(15)16)13-11(17)12-5-3-8-4-6-18-7-8/h8H,1-7H2,(H,15,16)(H2,12,13,14,17). The first kappa shape index (κ1) is 14.4. The molecule has 0 bridgehead atoms. The second-order valence-corrected chi connectivity index (χ2v) is 4.22. The Bertz CT molecular complexity index is 313. The highest BCUT2D eigenvalue weighted by molar-refractivity contribution is 5.95. The molecule has 1 aliphatic heterocycles. The van der Waals surface area contributed by atoms with Crippen LogP contribution in [0.2, 0.25) is 0 Å². The van der Waals surface area contributed by atoms with Gasteiger partial charge < -0.3 is 15.2 Å². The van der Waals surface area contributed by atoms with Gasteiger partial charge >= 0.3 is 12.0 Å². The number of urea groups is 1. The Balaban J connectivity index is 2.05. The van der Waals surface area contributed by atoms with E-state index in [1.54, 1.807) is 0 Å². The highest BCUT2D eigenvalue weighted by atomic mass is 16.5. The van der Waals surface area contributed by atoms with Crippen LogP contribution in [0, 0.1) is 5.92 Å². The number of rotatable bonds is 6. The minimum Gasteiger partial charge on any atom is -0.481 e. The van der Waals surface area contributed by atoms with Gasteiger partial charge in [-0.2, -0.15) is 0 Å². The van der Waals surface area contributed by atoms with Gasteiger partial charge in [0.15, 0.2) is 0 Å². The molecule has 1 aliphatic rings. The Morgan fingerprint density at radius 1 is 1.28 bits per heavy atom. The van der Waals surface area contributed by atoms with E-state index >= 15 is 0 Å². The lowest BCUT2D eigenvalue weighted by atomic mass is 10.1. The number of imide groups is 1. The summed E-state index contributed by atoms with van der Waals surface area (Å²) in [6, 6.07) is -0.579. The van der Waals surface area contributed by atoms with Gasteiger partial charge in [0, 0.05) is 26.2 Å². The summed E-state index contributed by atoms with van der Waals surface area (Å²) in [5, 5.41) is 13.0. The molecule has 0 aliphatic carbocycles. The second kappa shape index (κ2) is 7.65. The Morgan fingerprint density at radius 3 is 2.67 bits per heavy atom. The normalized spacial score (nSPS) is 18.3. The molecule has 1 heterocycles. The van der Waals surface area contributed by atoms with Crippen LogP contribution in [0.15, 0.2) is 0 Å². The van der Waals surface area contributed by atoms with Crippen molar-refractivity contribution in [3.05, 3.63) is 0 Å². The lowest BCUT2D eigenvalue weighted by Crippen LogP contribution is -2.40. The van der Waals surface area contributed by atoms with E-state index in [0.29, 0.717) is 12.5 Å². The van der Waals surface area contributed by atoms with Gasteiger partial charge in [0.05, 0.1) is 6.42 Å². The first-order valence-electron chi connectivity index (χ1n) is 5.95. The number of hydrogen-bond acceptors (Lipinski definition) is 4. The summed E-state index contributed by atoms with van der Waals surface area (Å²) >= 11 is 0. The van der Waals surface area contributed by atoms with Crippen LogP contribution in [0.4, 0.5) is 4.79 Å². The van der Waals surface area contributed by atoms with Crippen LogP contribution in [-0.4, -0.2) is 42.8 Å². The van der Waals surface area contributed by atoms with Crippen LogP contribution < -0.4 is 10.6 Å². The summed E-state index contributed by atoms with van der Waals surface area (Å²) in [5.41, 5.74) is 0. The lowest BCUT2D eigenvalue weighted by Gasteiger charge is -2.09. The molecule has 7 heteroatoms. The molecule has 102 valence electrons. The number of carbonyl (C=O) groups excluding carboxylic acids is 2. The van der Waals surface area contributed by atoms with E-state index in [2.05, 4.69) is 10.6 Å². The van der Waals surface area contributed by atoms with Crippen molar-refractivity contribution >= 4 is 17.9 Å². The molecule has 0 aromatic rings. The molecule has 7 nitrogen and oxygen atoms in total. The van der Waals surface area contributed by atoms with Gasteiger partial charge in [0.1, 0.15) is 0 Å². The fraction of sp³-hybridized carbons (Fsp3) is 0.727. The van der Waals surface area contributed by atoms with Gasteiger partial charge in [-0.3, -0.25) is 14.9 Å². The first-order chi connectivity index (χ1) is 8.58. The minimum absolute atomic E-state index is 0.195. The van der Waals surface area contributed by atoms with Crippen molar-refractivity contribution in [2.45, 2.75) is 25.7 Å². The van der Waals surface area contributed by atoms with Gasteiger partial charge in [0.2, 0.25) is 5.91 Å². The molecular formula is C11H18N2O5. The minimum atomic E-state index is -1.06. The van der Waals surface area contributed by atoms with Crippen molar-refractivity contribution in [2.24, 2.45) is 5.92 Å². The SMILES string of the molecule is O=C(O)CCC(=O)NC(=O)NCCC1CCOC1. The van der Waals surface area contributed by atoms with Crippen LogP contribution in [0.1, 0.15) is 25.7 Å². The van der Waals surface area contributed by atoms with Crippen molar-refractivity contribution in [1.29, 1.82) is 0 Å². The fourth-order valence-corrected chi connectivity index (χ4v) is 1.65. The summed E-state index contributed by atoms with van der Waals surface area (Å²) < 4.78 is 5.20. The Morgan fingerprint density at radius 2 is 2.06 bits per heavy atom. The summed E-state index contributed by atoms with van der Waals surface area (Å²) in [6.45, 7) is 1.97. The molecule has 1 fully saturated rings. The maximum Gasteiger partial charge on any atom is 0.321 e. The Kier molecular flexibility index (Phi) is 6.13. The van der Waals surface area contributed by atoms with Crippen molar-refractivity contribution in [1.82, 2.24) is 10.6 Å². The number of carboxylic acid groups (broad SMARTS) is 1. The van der Waals surface area contributed by atoms with E-state index in [4.69, 9.17) is 9.84 Å². The summed E-state index contributed by atoms with van der Waals surface area (Å²) in [4.78, 5) is 32.6. The van der Waals surface area contributed by atoms with E-state index in [0.717, 1.165) is 26.1 Å². The molecule has 3 amide bonds. The van der Waals surface area contributed by atoms with Crippen molar-refractivity contribution in [3.8, 4) is 0 Å². The van der Waals surface area contributed by atoms with Crippen LogP contribution in [0.5, 0.6) is 0 Å². The van der Waals surface area contributed by atoms with Gasteiger partial charge in [-0.05, 0) is 18.8 Å². The lowest BCUT2D eigenvalue weighted by molar-refractivity contribution is -0.138. The highest BCUT2D eigenvalue weighted by Crippen LogP contribution is 2.14. The molecule has 1 saturated heterocycles. The molecule has 1 atom stereocenters. The number of ether oxygens (including phenoxy) is 1. The first-order valence-corrected chi connectivity index (χ1v) is 5.95. The number of aliphatic carboxylic acids is 1. The van der Waals surface area contributed by atoms with Gasteiger partial charge in [-0.25, -0.2) is 4.79 Å². The number of hydrogen-bond donors (Lipinski definition) is 3. The van der Waals surface area contributed by atoms with Gasteiger partial charge in [0.25, 0.3) is 0 Å².